The molecule has 0 aliphatic carbocycles. The van der Waals surface area contributed by atoms with Gasteiger partial charge in [-0.2, -0.15) is 0 Å². The summed E-state index contributed by atoms with van der Waals surface area (Å²) < 4.78 is 11.0. The Kier molecular flexibility index (Phi) is 5.64. The van der Waals surface area contributed by atoms with E-state index in [0.29, 0.717) is 13.2 Å². The highest BCUT2D eigenvalue weighted by molar-refractivity contribution is 5.38. The molecule has 2 rings (SSSR count). The first-order valence-electron chi connectivity index (χ1n) is 7.33. The molecule has 2 aromatic rings. The quantitative estimate of drug-likeness (QED) is 0.848. The zero-order chi connectivity index (χ0) is 15.1. The molecular formula is C18H23NO2. The highest BCUT2D eigenvalue weighted by Crippen LogP contribution is 2.29. The fourth-order valence-corrected chi connectivity index (χ4v) is 2.51. The number of rotatable bonds is 7. The zero-order valence-electron chi connectivity index (χ0n) is 12.7. The number of ether oxygens (including phenoxy) is 2. The smallest absolute Gasteiger partial charge is 0.122 e. The number of hydrogen-bond acceptors (Lipinski definition) is 3. The van der Waals surface area contributed by atoms with Crippen molar-refractivity contribution in [3.8, 4) is 11.5 Å². The molecule has 0 amide bonds. The Bertz CT molecular complexity index is 569. The van der Waals surface area contributed by atoms with E-state index >= 15 is 0 Å². The third kappa shape index (κ3) is 3.99. The lowest BCUT2D eigenvalue weighted by Crippen LogP contribution is -2.16. The van der Waals surface area contributed by atoms with Crippen LogP contribution < -0.4 is 15.2 Å². The van der Waals surface area contributed by atoms with Crippen LogP contribution in [0.3, 0.4) is 0 Å². The lowest BCUT2D eigenvalue weighted by Gasteiger charge is -2.19. The minimum absolute atomic E-state index is 0.236. The molecule has 0 heterocycles. The van der Waals surface area contributed by atoms with E-state index in [0.717, 1.165) is 17.9 Å². The van der Waals surface area contributed by atoms with Gasteiger partial charge in [-0.3, -0.25) is 0 Å². The van der Waals surface area contributed by atoms with Gasteiger partial charge in [0.25, 0.3) is 0 Å². The summed E-state index contributed by atoms with van der Waals surface area (Å²) in [4.78, 5) is 0. The highest BCUT2D eigenvalue weighted by atomic mass is 16.5. The molecule has 3 nitrogen and oxygen atoms in total. The Morgan fingerprint density at radius 2 is 1.90 bits per heavy atom. The number of hydrogen-bond donors (Lipinski definition) is 1. The van der Waals surface area contributed by atoms with E-state index < -0.39 is 0 Å². The number of methoxy groups -OCH3 is 1. The summed E-state index contributed by atoms with van der Waals surface area (Å²) in [6, 6.07) is 16.3. The normalized spacial score (nSPS) is 12.0. The Morgan fingerprint density at radius 1 is 1.10 bits per heavy atom. The van der Waals surface area contributed by atoms with Gasteiger partial charge in [-0.25, -0.2) is 0 Å². The molecule has 0 radical (unpaired) electrons. The molecule has 0 aliphatic heterocycles. The number of para-hydroxylation sites is 1. The Morgan fingerprint density at radius 3 is 2.62 bits per heavy atom. The Labute approximate surface area is 126 Å². The van der Waals surface area contributed by atoms with Gasteiger partial charge in [0.2, 0.25) is 0 Å². The molecule has 21 heavy (non-hydrogen) atoms. The van der Waals surface area contributed by atoms with Crippen molar-refractivity contribution in [3.63, 3.8) is 0 Å². The van der Waals surface area contributed by atoms with Gasteiger partial charge >= 0.3 is 0 Å². The monoisotopic (exact) mass is 285 g/mol. The van der Waals surface area contributed by atoms with Crippen LogP contribution in [-0.4, -0.2) is 20.3 Å². The summed E-state index contributed by atoms with van der Waals surface area (Å²) >= 11 is 0. The summed E-state index contributed by atoms with van der Waals surface area (Å²) in [5, 5.41) is 0. The molecule has 0 bridgehead atoms. The molecular weight excluding hydrogens is 262 g/mol. The van der Waals surface area contributed by atoms with Crippen molar-refractivity contribution >= 4 is 0 Å². The van der Waals surface area contributed by atoms with E-state index in [1.807, 2.05) is 37.3 Å². The first-order valence-corrected chi connectivity index (χ1v) is 7.33. The van der Waals surface area contributed by atoms with E-state index in [1.54, 1.807) is 7.11 Å². The average molecular weight is 285 g/mol. The first-order chi connectivity index (χ1) is 10.3. The molecule has 0 saturated heterocycles. The Hall–Kier alpha value is -2.00. The lowest BCUT2D eigenvalue weighted by atomic mass is 9.91. The predicted octanol–water partition coefficient (Wildman–Crippen LogP) is 3.38. The predicted molar refractivity (Wildman–Crippen MR) is 86.1 cm³/mol. The van der Waals surface area contributed by atoms with Gasteiger partial charge in [0, 0.05) is 5.92 Å². The van der Waals surface area contributed by atoms with Gasteiger partial charge in [-0.1, -0.05) is 30.3 Å². The molecule has 0 aliphatic rings. The van der Waals surface area contributed by atoms with Crippen LogP contribution in [0.15, 0.2) is 48.5 Å². The summed E-state index contributed by atoms with van der Waals surface area (Å²) in [6.07, 6.45) is 0.873. The van der Waals surface area contributed by atoms with E-state index in [2.05, 4.69) is 18.2 Å². The van der Waals surface area contributed by atoms with E-state index in [1.165, 1.54) is 11.1 Å². The van der Waals surface area contributed by atoms with Crippen LogP contribution in [0, 0.1) is 0 Å². The van der Waals surface area contributed by atoms with Crippen LogP contribution in [-0.2, 0) is 6.42 Å². The van der Waals surface area contributed by atoms with Crippen LogP contribution in [0.25, 0.3) is 0 Å². The average Bonchev–Trinajstić information content (AvgIpc) is 2.54. The van der Waals surface area contributed by atoms with Gasteiger partial charge < -0.3 is 15.2 Å². The second-order valence-corrected chi connectivity index (χ2v) is 4.96. The van der Waals surface area contributed by atoms with Gasteiger partial charge in [0.15, 0.2) is 0 Å². The van der Waals surface area contributed by atoms with E-state index in [-0.39, 0.29) is 5.92 Å². The van der Waals surface area contributed by atoms with E-state index in [9.17, 15) is 0 Å². The molecule has 0 aromatic heterocycles. The minimum Gasteiger partial charge on any atom is -0.497 e. The van der Waals surface area contributed by atoms with Crippen molar-refractivity contribution in [1.82, 2.24) is 0 Å². The van der Waals surface area contributed by atoms with Crippen LogP contribution >= 0.6 is 0 Å². The van der Waals surface area contributed by atoms with Gasteiger partial charge in [-0.05, 0) is 49.2 Å². The fraction of sp³-hybridized carbons (Fsp3) is 0.333. The third-order valence-corrected chi connectivity index (χ3v) is 3.56. The molecule has 0 saturated carbocycles. The standard InChI is InChI=1S/C18H23NO2/c1-3-21-18-10-5-4-9-17(18)15(13-19)11-14-7-6-8-16(12-14)20-2/h4-10,12,15H,3,11,13,19H2,1-2H3. The summed E-state index contributed by atoms with van der Waals surface area (Å²) in [7, 11) is 1.68. The van der Waals surface area contributed by atoms with Crippen LogP contribution in [0.2, 0.25) is 0 Å². The van der Waals surface area contributed by atoms with Crippen molar-refractivity contribution in [1.29, 1.82) is 0 Å². The Balaban J connectivity index is 2.23. The topological polar surface area (TPSA) is 44.5 Å². The lowest BCUT2D eigenvalue weighted by molar-refractivity contribution is 0.334. The highest BCUT2D eigenvalue weighted by Gasteiger charge is 2.15. The van der Waals surface area contributed by atoms with Crippen LogP contribution in [0.5, 0.6) is 11.5 Å². The maximum absolute atomic E-state index is 6.00. The van der Waals surface area contributed by atoms with Gasteiger partial charge in [0.1, 0.15) is 11.5 Å². The minimum atomic E-state index is 0.236. The number of benzene rings is 2. The summed E-state index contributed by atoms with van der Waals surface area (Å²) in [6.45, 7) is 3.24. The fourth-order valence-electron chi connectivity index (χ4n) is 2.51. The van der Waals surface area contributed by atoms with Gasteiger partial charge in [-0.15, -0.1) is 0 Å². The van der Waals surface area contributed by atoms with Crippen LogP contribution in [0.4, 0.5) is 0 Å². The van der Waals surface area contributed by atoms with Crippen LogP contribution in [0.1, 0.15) is 24.0 Å². The SMILES string of the molecule is CCOc1ccccc1C(CN)Cc1cccc(OC)c1. The van der Waals surface area contributed by atoms with Crippen molar-refractivity contribution in [2.75, 3.05) is 20.3 Å². The summed E-state index contributed by atoms with van der Waals surface area (Å²) in [5.74, 6) is 2.04. The van der Waals surface area contributed by atoms with E-state index in [4.69, 9.17) is 15.2 Å². The molecule has 0 spiro atoms. The molecule has 2 aromatic carbocycles. The maximum atomic E-state index is 6.00. The first kappa shape index (κ1) is 15.4. The summed E-state index contributed by atoms with van der Waals surface area (Å²) in [5.41, 5.74) is 8.39. The molecule has 3 heteroatoms. The largest absolute Gasteiger partial charge is 0.497 e. The molecule has 0 fully saturated rings. The number of nitrogens with two attached hydrogens (primary N) is 1. The zero-order valence-corrected chi connectivity index (χ0v) is 12.7. The van der Waals surface area contributed by atoms with Gasteiger partial charge in [0.05, 0.1) is 13.7 Å². The van der Waals surface area contributed by atoms with Crippen molar-refractivity contribution in [2.24, 2.45) is 5.73 Å². The van der Waals surface area contributed by atoms with Crippen molar-refractivity contribution < 1.29 is 9.47 Å². The third-order valence-electron chi connectivity index (χ3n) is 3.56. The maximum Gasteiger partial charge on any atom is 0.122 e. The second kappa shape index (κ2) is 7.70. The second-order valence-electron chi connectivity index (χ2n) is 4.96. The van der Waals surface area contributed by atoms with Crippen molar-refractivity contribution in [2.45, 2.75) is 19.3 Å². The molecule has 2 N–H and O–H groups in total. The molecule has 1 atom stereocenters. The van der Waals surface area contributed by atoms with Crippen molar-refractivity contribution in [3.05, 3.63) is 59.7 Å². The molecule has 112 valence electrons. The molecule has 1 unspecified atom stereocenters.